The summed E-state index contributed by atoms with van der Waals surface area (Å²) in [5, 5.41) is 4.42. The second-order valence-electron chi connectivity index (χ2n) is 6.28. The standard InChI is InChI=1S/C20H26N2/c1-13-7-15(3)19(16(4)8-13)11-21-22-12-20-17(5)9-14(2)10-18(20)6/h7-11,22H,12H2,1-6H3/b21-11+. The van der Waals surface area contributed by atoms with Crippen LogP contribution in [0.2, 0.25) is 0 Å². The van der Waals surface area contributed by atoms with E-state index < -0.39 is 0 Å². The van der Waals surface area contributed by atoms with Crippen LogP contribution in [0.5, 0.6) is 0 Å². The van der Waals surface area contributed by atoms with Gasteiger partial charge < -0.3 is 5.43 Å². The Balaban J connectivity index is 2.09. The predicted molar refractivity (Wildman–Crippen MR) is 95.7 cm³/mol. The monoisotopic (exact) mass is 294 g/mol. The van der Waals surface area contributed by atoms with E-state index in [1.54, 1.807) is 0 Å². The Labute approximate surface area is 134 Å². The topological polar surface area (TPSA) is 24.4 Å². The van der Waals surface area contributed by atoms with Crippen LogP contribution in [-0.2, 0) is 6.54 Å². The molecule has 0 aliphatic rings. The molecule has 116 valence electrons. The molecule has 0 atom stereocenters. The largest absolute Gasteiger partial charge is 0.306 e. The van der Waals surface area contributed by atoms with E-state index in [-0.39, 0.29) is 0 Å². The van der Waals surface area contributed by atoms with Gasteiger partial charge in [-0.2, -0.15) is 5.10 Å². The van der Waals surface area contributed by atoms with Crippen molar-refractivity contribution in [2.75, 3.05) is 0 Å². The molecule has 2 aromatic rings. The van der Waals surface area contributed by atoms with E-state index in [4.69, 9.17) is 0 Å². The van der Waals surface area contributed by atoms with Crippen molar-refractivity contribution in [3.8, 4) is 0 Å². The smallest absolute Gasteiger partial charge is 0.0585 e. The molecule has 0 aliphatic heterocycles. The van der Waals surface area contributed by atoms with Crippen molar-refractivity contribution >= 4 is 6.21 Å². The highest BCUT2D eigenvalue weighted by Gasteiger charge is 2.03. The molecule has 0 unspecified atom stereocenters. The van der Waals surface area contributed by atoms with Crippen LogP contribution in [0.4, 0.5) is 0 Å². The van der Waals surface area contributed by atoms with Crippen LogP contribution in [0, 0.1) is 41.5 Å². The van der Waals surface area contributed by atoms with E-state index in [0.717, 1.165) is 6.54 Å². The zero-order valence-corrected chi connectivity index (χ0v) is 14.5. The number of hydrazone groups is 1. The zero-order valence-electron chi connectivity index (χ0n) is 14.5. The van der Waals surface area contributed by atoms with Gasteiger partial charge in [0.05, 0.1) is 12.8 Å². The van der Waals surface area contributed by atoms with Gasteiger partial charge in [0.25, 0.3) is 0 Å². The third-order valence-electron chi connectivity index (χ3n) is 4.12. The first-order valence-electron chi connectivity index (χ1n) is 7.79. The van der Waals surface area contributed by atoms with Crippen molar-refractivity contribution in [2.24, 2.45) is 5.10 Å². The Hall–Kier alpha value is -2.09. The SMILES string of the molecule is Cc1cc(C)c(/C=N/NCc2c(C)cc(C)cc2C)c(C)c1. The first-order chi connectivity index (χ1) is 10.4. The van der Waals surface area contributed by atoms with Gasteiger partial charge in [0.15, 0.2) is 0 Å². The molecular formula is C20H26N2. The van der Waals surface area contributed by atoms with E-state index >= 15 is 0 Å². The number of hydrogen-bond donors (Lipinski definition) is 1. The van der Waals surface area contributed by atoms with Gasteiger partial charge in [-0.25, -0.2) is 0 Å². The maximum absolute atomic E-state index is 4.42. The number of hydrogen-bond acceptors (Lipinski definition) is 2. The molecule has 0 saturated heterocycles. The van der Waals surface area contributed by atoms with Gasteiger partial charge in [0.1, 0.15) is 0 Å². The molecular weight excluding hydrogens is 268 g/mol. The van der Waals surface area contributed by atoms with Crippen LogP contribution < -0.4 is 5.43 Å². The summed E-state index contributed by atoms with van der Waals surface area (Å²) in [5.41, 5.74) is 13.5. The van der Waals surface area contributed by atoms with Gasteiger partial charge in [-0.1, -0.05) is 35.4 Å². The molecule has 2 aromatic carbocycles. The Morgan fingerprint density at radius 3 is 1.73 bits per heavy atom. The molecule has 1 N–H and O–H groups in total. The molecule has 0 heterocycles. The second-order valence-corrected chi connectivity index (χ2v) is 6.28. The summed E-state index contributed by atoms with van der Waals surface area (Å²) in [7, 11) is 0. The zero-order chi connectivity index (χ0) is 16.3. The van der Waals surface area contributed by atoms with Crippen LogP contribution in [0.25, 0.3) is 0 Å². The second kappa shape index (κ2) is 6.78. The van der Waals surface area contributed by atoms with Gasteiger partial charge in [-0.3, -0.25) is 0 Å². The quantitative estimate of drug-likeness (QED) is 0.643. The van der Waals surface area contributed by atoms with Crippen LogP contribution in [0.15, 0.2) is 29.4 Å². The summed E-state index contributed by atoms with van der Waals surface area (Å²) in [5.74, 6) is 0. The summed E-state index contributed by atoms with van der Waals surface area (Å²) < 4.78 is 0. The maximum Gasteiger partial charge on any atom is 0.0585 e. The van der Waals surface area contributed by atoms with Crippen LogP contribution in [0.1, 0.15) is 44.5 Å². The van der Waals surface area contributed by atoms with Crippen molar-refractivity contribution in [1.82, 2.24) is 5.43 Å². The molecule has 0 spiro atoms. The highest BCUT2D eigenvalue weighted by atomic mass is 15.3. The molecule has 2 heteroatoms. The van der Waals surface area contributed by atoms with Gasteiger partial charge >= 0.3 is 0 Å². The lowest BCUT2D eigenvalue weighted by Crippen LogP contribution is -2.09. The van der Waals surface area contributed by atoms with Crippen LogP contribution in [0.3, 0.4) is 0 Å². The van der Waals surface area contributed by atoms with Gasteiger partial charge in [0.2, 0.25) is 0 Å². The minimum absolute atomic E-state index is 0.762. The van der Waals surface area contributed by atoms with E-state index in [1.165, 1.54) is 44.5 Å². The van der Waals surface area contributed by atoms with Crippen molar-refractivity contribution in [1.29, 1.82) is 0 Å². The first kappa shape index (κ1) is 16.3. The Bertz CT molecular complexity index is 666. The molecule has 0 saturated carbocycles. The summed E-state index contributed by atoms with van der Waals surface area (Å²) in [6, 6.07) is 8.84. The number of nitrogens with zero attached hydrogens (tertiary/aromatic N) is 1. The van der Waals surface area contributed by atoms with Crippen LogP contribution >= 0.6 is 0 Å². The lowest BCUT2D eigenvalue weighted by Gasteiger charge is -2.11. The highest BCUT2D eigenvalue weighted by Crippen LogP contribution is 2.16. The van der Waals surface area contributed by atoms with Crippen molar-refractivity contribution in [3.63, 3.8) is 0 Å². The van der Waals surface area contributed by atoms with E-state index in [1.807, 2.05) is 6.21 Å². The third-order valence-corrected chi connectivity index (χ3v) is 4.12. The minimum atomic E-state index is 0.762. The van der Waals surface area contributed by atoms with Crippen molar-refractivity contribution < 1.29 is 0 Å². The summed E-state index contributed by atoms with van der Waals surface area (Å²) in [4.78, 5) is 0. The summed E-state index contributed by atoms with van der Waals surface area (Å²) in [6.45, 7) is 13.6. The lowest BCUT2D eigenvalue weighted by molar-refractivity contribution is 0.739. The van der Waals surface area contributed by atoms with Gasteiger partial charge in [0, 0.05) is 5.56 Å². The minimum Gasteiger partial charge on any atom is -0.306 e. The fourth-order valence-corrected chi connectivity index (χ4v) is 3.12. The number of aryl methyl sites for hydroxylation is 6. The average molecular weight is 294 g/mol. The molecule has 22 heavy (non-hydrogen) atoms. The van der Waals surface area contributed by atoms with E-state index in [0.29, 0.717) is 0 Å². The molecule has 0 aromatic heterocycles. The Morgan fingerprint density at radius 1 is 0.773 bits per heavy atom. The number of rotatable bonds is 4. The fraction of sp³-hybridized carbons (Fsp3) is 0.350. The average Bonchev–Trinajstić information content (AvgIpc) is 2.38. The Morgan fingerprint density at radius 2 is 1.23 bits per heavy atom. The van der Waals surface area contributed by atoms with E-state index in [2.05, 4.69) is 76.3 Å². The lowest BCUT2D eigenvalue weighted by atomic mass is 10.00. The molecule has 2 rings (SSSR count). The van der Waals surface area contributed by atoms with E-state index in [9.17, 15) is 0 Å². The first-order valence-corrected chi connectivity index (χ1v) is 7.79. The van der Waals surface area contributed by atoms with Crippen LogP contribution in [-0.4, -0.2) is 6.21 Å². The maximum atomic E-state index is 4.42. The number of nitrogens with one attached hydrogen (secondary N) is 1. The molecule has 2 nitrogen and oxygen atoms in total. The van der Waals surface area contributed by atoms with Gasteiger partial charge in [-0.05, 0) is 69.4 Å². The highest BCUT2D eigenvalue weighted by molar-refractivity contribution is 5.83. The predicted octanol–water partition coefficient (Wildman–Crippen LogP) is 4.66. The molecule has 0 amide bonds. The van der Waals surface area contributed by atoms with Gasteiger partial charge in [-0.15, -0.1) is 0 Å². The fourth-order valence-electron chi connectivity index (χ4n) is 3.12. The summed E-state index contributed by atoms with van der Waals surface area (Å²) in [6.07, 6.45) is 1.93. The number of benzene rings is 2. The molecule has 0 fully saturated rings. The molecule has 0 radical (unpaired) electrons. The van der Waals surface area contributed by atoms with Crippen molar-refractivity contribution in [3.05, 3.63) is 68.8 Å². The normalized spacial score (nSPS) is 11.2. The Kier molecular flexibility index (Phi) is 5.02. The van der Waals surface area contributed by atoms with Crippen molar-refractivity contribution in [2.45, 2.75) is 48.1 Å². The summed E-state index contributed by atoms with van der Waals surface area (Å²) >= 11 is 0. The molecule has 0 aliphatic carbocycles. The third kappa shape index (κ3) is 3.76. The molecule has 0 bridgehead atoms.